The number of rotatable bonds is 5. The van der Waals surface area contributed by atoms with Gasteiger partial charge in [0.1, 0.15) is 12.2 Å². The molecule has 0 radical (unpaired) electrons. The van der Waals surface area contributed by atoms with Crippen molar-refractivity contribution in [2.45, 2.75) is 6.54 Å². The molecular formula is C21H16N4O4. The maximum atomic E-state index is 12.4. The zero-order valence-electron chi connectivity index (χ0n) is 15.2. The third kappa shape index (κ3) is 3.43. The molecule has 8 heteroatoms. The van der Waals surface area contributed by atoms with Gasteiger partial charge in [0.05, 0.1) is 0 Å². The van der Waals surface area contributed by atoms with Crippen LogP contribution in [0.3, 0.4) is 0 Å². The number of nitrogens with one attached hydrogen (secondary N) is 1. The van der Waals surface area contributed by atoms with Gasteiger partial charge in [-0.25, -0.2) is 0 Å². The summed E-state index contributed by atoms with van der Waals surface area (Å²) in [5.41, 5.74) is 2.16. The zero-order valence-corrected chi connectivity index (χ0v) is 15.2. The van der Waals surface area contributed by atoms with Gasteiger partial charge >= 0.3 is 0 Å². The number of hydrogen-bond donors (Lipinski definition) is 1. The van der Waals surface area contributed by atoms with E-state index in [2.05, 4.69) is 15.5 Å². The number of fused-ring (bicyclic) bond motifs is 1. The fourth-order valence-corrected chi connectivity index (χ4v) is 3.10. The highest BCUT2D eigenvalue weighted by molar-refractivity contribution is 5.90. The number of amides is 1. The Bertz CT molecular complexity index is 1170. The van der Waals surface area contributed by atoms with E-state index in [0.29, 0.717) is 28.9 Å². The zero-order chi connectivity index (χ0) is 19.6. The SMILES string of the molecule is O=C(Cn1cccc1-c1nc(-c2ccc3c(c2)OCO3)no1)Nc1ccccc1. The van der Waals surface area contributed by atoms with Gasteiger partial charge in [0.15, 0.2) is 11.5 Å². The average molecular weight is 388 g/mol. The molecule has 0 saturated carbocycles. The molecule has 8 nitrogen and oxygen atoms in total. The number of nitrogens with zero attached hydrogens (tertiary/aromatic N) is 3. The molecule has 3 heterocycles. The summed E-state index contributed by atoms with van der Waals surface area (Å²) in [6.45, 7) is 0.327. The van der Waals surface area contributed by atoms with E-state index in [1.165, 1.54) is 0 Å². The minimum atomic E-state index is -0.149. The van der Waals surface area contributed by atoms with Gasteiger partial charge in [0, 0.05) is 17.4 Å². The molecule has 5 rings (SSSR count). The van der Waals surface area contributed by atoms with Crippen LogP contribution in [0.15, 0.2) is 71.4 Å². The number of ether oxygens (including phenoxy) is 2. The molecule has 1 amide bonds. The molecule has 1 N–H and O–H groups in total. The van der Waals surface area contributed by atoms with E-state index in [1.807, 2.05) is 60.7 Å². The Balaban J connectivity index is 1.35. The van der Waals surface area contributed by atoms with Crippen molar-refractivity contribution >= 4 is 11.6 Å². The molecule has 0 spiro atoms. The van der Waals surface area contributed by atoms with Crippen molar-refractivity contribution < 1.29 is 18.8 Å². The first kappa shape index (κ1) is 17.1. The maximum absolute atomic E-state index is 12.4. The number of aromatic nitrogens is 3. The molecule has 1 aliphatic rings. The van der Waals surface area contributed by atoms with Crippen molar-refractivity contribution in [3.05, 3.63) is 66.9 Å². The molecule has 2 aromatic carbocycles. The van der Waals surface area contributed by atoms with Gasteiger partial charge < -0.3 is 23.9 Å². The molecule has 0 atom stereocenters. The van der Waals surface area contributed by atoms with Crippen LogP contribution in [0.5, 0.6) is 11.5 Å². The Morgan fingerprint density at radius 3 is 2.79 bits per heavy atom. The summed E-state index contributed by atoms with van der Waals surface area (Å²) in [5, 5.41) is 6.92. The van der Waals surface area contributed by atoms with Gasteiger partial charge in [-0.1, -0.05) is 23.4 Å². The van der Waals surface area contributed by atoms with Gasteiger partial charge in [0.25, 0.3) is 5.89 Å². The monoisotopic (exact) mass is 388 g/mol. The van der Waals surface area contributed by atoms with Gasteiger partial charge in [-0.15, -0.1) is 0 Å². The molecule has 2 aromatic heterocycles. The minimum Gasteiger partial charge on any atom is -0.454 e. The molecule has 144 valence electrons. The second-order valence-corrected chi connectivity index (χ2v) is 6.43. The summed E-state index contributed by atoms with van der Waals surface area (Å²) >= 11 is 0. The van der Waals surface area contributed by atoms with Crippen LogP contribution in [0.25, 0.3) is 23.0 Å². The predicted molar refractivity (Wildman–Crippen MR) is 104 cm³/mol. The molecule has 0 unspecified atom stereocenters. The fourth-order valence-electron chi connectivity index (χ4n) is 3.10. The summed E-state index contributed by atoms with van der Waals surface area (Å²) in [6, 6.07) is 18.4. The largest absolute Gasteiger partial charge is 0.454 e. The lowest BCUT2D eigenvalue weighted by Crippen LogP contribution is -2.18. The lowest BCUT2D eigenvalue weighted by atomic mass is 10.2. The van der Waals surface area contributed by atoms with E-state index in [0.717, 1.165) is 11.3 Å². The third-order valence-electron chi connectivity index (χ3n) is 4.48. The van der Waals surface area contributed by atoms with Gasteiger partial charge in [-0.3, -0.25) is 4.79 Å². The van der Waals surface area contributed by atoms with E-state index < -0.39 is 0 Å². The molecule has 4 aromatic rings. The highest BCUT2D eigenvalue weighted by Crippen LogP contribution is 2.35. The number of carbonyl (C=O) groups is 1. The average Bonchev–Trinajstić information content (AvgIpc) is 3.48. The number of carbonyl (C=O) groups excluding carboxylic acids is 1. The summed E-state index contributed by atoms with van der Waals surface area (Å²) in [6.07, 6.45) is 1.80. The van der Waals surface area contributed by atoms with Gasteiger partial charge in [-0.05, 0) is 42.5 Å². The lowest BCUT2D eigenvalue weighted by molar-refractivity contribution is -0.116. The van der Waals surface area contributed by atoms with Gasteiger partial charge in [0.2, 0.25) is 18.5 Å². The Hall–Kier alpha value is -4.07. The number of benzene rings is 2. The molecule has 29 heavy (non-hydrogen) atoms. The summed E-state index contributed by atoms with van der Waals surface area (Å²) < 4.78 is 17.9. The Morgan fingerprint density at radius 1 is 1.03 bits per heavy atom. The van der Waals surface area contributed by atoms with Crippen LogP contribution in [0.2, 0.25) is 0 Å². The third-order valence-corrected chi connectivity index (χ3v) is 4.48. The second-order valence-electron chi connectivity index (χ2n) is 6.43. The topological polar surface area (TPSA) is 91.4 Å². The Kier molecular flexibility index (Phi) is 4.21. The molecule has 0 saturated heterocycles. The van der Waals surface area contributed by atoms with Crippen molar-refractivity contribution in [3.63, 3.8) is 0 Å². The first-order valence-electron chi connectivity index (χ1n) is 9.00. The van der Waals surface area contributed by atoms with E-state index in [9.17, 15) is 4.79 Å². The highest BCUT2D eigenvalue weighted by atomic mass is 16.7. The highest BCUT2D eigenvalue weighted by Gasteiger charge is 2.18. The van der Waals surface area contributed by atoms with Crippen LogP contribution in [-0.4, -0.2) is 27.4 Å². The van der Waals surface area contributed by atoms with Crippen molar-refractivity contribution in [1.29, 1.82) is 0 Å². The molecule has 0 aliphatic carbocycles. The molecule has 0 bridgehead atoms. The van der Waals surface area contributed by atoms with Gasteiger partial charge in [-0.2, -0.15) is 4.98 Å². The van der Waals surface area contributed by atoms with Crippen molar-refractivity contribution in [2.24, 2.45) is 0 Å². The number of anilines is 1. The van der Waals surface area contributed by atoms with E-state index in [4.69, 9.17) is 14.0 Å². The van der Waals surface area contributed by atoms with E-state index in [-0.39, 0.29) is 19.2 Å². The summed E-state index contributed by atoms with van der Waals surface area (Å²) in [5.74, 6) is 1.95. The molecular weight excluding hydrogens is 372 g/mol. The number of hydrogen-bond acceptors (Lipinski definition) is 6. The first-order valence-corrected chi connectivity index (χ1v) is 9.00. The molecule has 0 fully saturated rings. The minimum absolute atomic E-state index is 0.124. The number of para-hydroxylation sites is 1. The maximum Gasteiger partial charge on any atom is 0.274 e. The first-order chi connectivity index (χ1) is 14.3. The van der Waals surface area contributed by atoms with Crippen molar-refractivity contribution in [2.75, 3.05) is 12.1 Å². The van der Waals surface area contributed by atoms with Crippen molar-refractivity contribution in [1.82, 2.24) is 14.7 Å². The molecule has 1 aliphatic heterocycles. The normalized spacial score (nSPS) is 12.1. The Labute approximate surface area is 165 Å². The lowest BCUT2D eigenvalue weighted by Gasteiger charge is -2.08. The van der Waals surface area contributed by atoms with Crippen LogP contribution in [-0.2, 0) is 11.3 Å². The summed E-state index contributed by atoms with van der Waals surface area (Å²) in [7, 11) is 0. The van der Waals surface area contributed by atoms with E-state index in [1.54, 1.807) is 10.8 Å². The van der Waals surface area contributed by atoms with Crippen LogP contribution < -0.4 is 14.8 Å². The van der Waals surface area contributed by atoms with Crippen molar-refractivity contribution in [3.8, 4) is 34.5 Å². The second kappa shape index (κ2) is 7.16. The van der Waals surface area contributed by atoms with Crippen LogP contribution >= 0.6 is 0 Å². The van der Waals surface area contributed by atoms with E-state index >= 15 is 0 Å². The fraction of sp³-hybridized carbons (Fsp3) is 0.0952. The van der Waals surface area contributed by atoms with Crippen LogP contribution in [0, 0.1) is 0 Å². The quantitative estimate of drug-likeness (QED) is 0.562. The Morgan fingerprint density at radius 2 is 1.90 bits per heavy atom. The summed E-state index contributed by atoms with van der Waals surface area (Å²) in [4.78, 5) is 16.8. The standard InChI is InChI=1S/C21H16N4O4/c26-19(22-15-5-2-1-3-6-15)12-25-10-4-7-16(25)21-23-20(24-29-21)14-8-9-17-18(11-14)28-13-27-17/h1-11H,12-13H2,(H,22,26). The smallest absolute Gasteiger partial charge is 0.274 e. The van der Waals surface area contributed by atoms with Crippen LogP contribution in [0.1, 0.15) is 0 Å². The predicted octanol–water partition coefficient (Wildman–Crippen LogP) is 3.57. The van der Waals surface area contributed by atoms with Crippen LogP contribution in [0.4, 0.5) is 5.69 Å².